The van der Waals surface area contributed by atoms with Crippen molar-refractivity contribution < 1.29 is 13.2 Å². The number of hydrogen-bond acceptors (Lipinski definition) is 4. The van der Waals surface area contributed by atoms with Crippen LogP contribution in [-0.2, 0) is 14.8 Å². The Morgan fingerprint density at radius 1 is 1.26 bits per heavy atom. The van der Waals surface area contributed by atoms with Gasteiger partial charge in [0.2, 0.25) is 10.0 Å². The van der Waals surface area contributed by atoms with E-state index in [1.54, 1.807) is 7.11 Å². The second-order valence-electron chi connectivity index (χ2n) is 8.28. The van der Waals surface area contributed by atoms with E-state index in [1.165, 1.54) is 6.42 Å². The van der Waals surface area contributed by atoms with Crippen molar-refractivity contribution in [1.82, 2.24) is 15.4 Å². The molecular formula is C18H37IN4O3S. The van der Waals surface area contributed by atoms with Crippen molar-refractivity contribution in [3.05, 3.63) is 0 Å². The number of nitrogens with one attached hydrogen (secondary N) is 3. The van der Waals surface area contributed by atoms with Crippen LogP contribution in [0, 0.1) is 11.3 Å². The van der Waals surface area contributed by atoms with Gasteiger partial charge in [-0.3, -0.25) is 4.99 Å². The van der Waals surface area contributed by atoms with Crippen LogP contribution in [-0.4, -0.2) is 58.5 Å². The third-order valence-electron chi connectivity index (χ3n) is 6.38. The average molecular weight is 516 g/mol. The third kappa shape index (κ3) is 6.17. The summed E-state index contributed by atoms with van der Waals surface area (Å²) in [6.07, 6.45) is 4.37. The first-order valence-electron chi connectivity index (χ1n) is 9.71. The quantitative estimate of drug-likeness (QED) is 0.248. The lowest BCUT2D eigenvalue weighted by molar-refractivity contribution is -0.176. The molecule has 160 valence electrons. The molecule has 0 spiro atoms. The summed E-state index contributed by atoms with van der Waals surface area (Å²) in [6, 6.07) is 0.235. The minimum atomic E-state index is -3.26. The van der Waals surface area contributed by atoms with E-state index < -0.39 is 10.0 Å². The van der Waals surface area contributed by atoms with E-state index in [-0.39, 0.29) is 53.3 Å². The molecule has 0 bridgehead atoms. The van der Waals surface area contributed by atoms with Crippen LogP contribution in [0.4, 0.5) is 0 Å². The summed E-state index contributed by atoms with van der Waals surface area (Å²) >= 11 is 0. The predicted molar refractivity (Wildman–Crippen MR) is 121 cm³/mol. The highest BCUT2D eigenvalue weighted by Crippen LogP contribution is 2.51. The first kappa shape index (κ1) is 24.9. The van der Waals surface area contributed by atoms with Gasteiger partial charge in [0.05, 0.1) is 17.9 Å². The van der Waals surface area contributed by atoms with Gasteiger partial charge in [-0.05, 0) is 39.0 Å². The van der Waals surface area contributed by atoms with Gasteiger partial charge in [-0.2, -0.15) is 0 Å². The van der Waals surface area contributed by atoms with Gasteiger partial charge in [-0.15, -0.1) is 24.0 Å². The molecule has 0 aliphatic heterocycles. The molecule has 0 amide bonds. The molecule has 2 aliphatic rings. The van der Waals surface area contributed by atoms with Gasteiger partial charge in [0.15, 0.2) is 5.96 Å². The summed E-state index contributed by atoms with van der Waals surface area (Å²) in [5.41, 5.74) is -0.189. The number of nitrogens with zero attached hydrogens (tertiary/aromatic N) is 1. The second kappa shape index (κ2) is 10.1. The maximum Gasteiger partial charge on any atom is 0.213 e. The summed E-state index contributed by atoms with van der Waals surface area (Å²) in [5.74, 6) is 1.20. The largest absolute Gasteiger partial charge is 0.378 e. The summed E-state index contributed by atoms with van der Waals surface area (Å²) in [4.78, 5) is 4.46. The molecule has 0 radical (unpaired) electrons. The van der Waals surface area contributed by atoms with Crippen LogP contribution in [0.2, 0.25) is 0 Å². The zero-order chi connectivity index (χ0) is 19.4. The number of halogens is 1. The molecule has 2 fully saturated rings. The highest BCUT2D eigenvalue weighted by Gasteiger charge is 2.58. The van der Waals surface area contributed by atoms with Crippen LogP contribution >= 0.6 is 24.0 Å². The van der Waals surface area contributed by atoms with Gasteiger partial charge in [-0.1, -0.05) is 20.3 Å². The fraction of sp³-hybridized carbons (Fsp3) is 0.944. The Hall–Kier alpha value is -0.130. The molecule has 0 aromatic rings. The number of aliphatic imine (C=N–C) groups is 1. The molecule has 2 atom stereocenters. The van der Waals surface area contributed by atoms with Crippen molar-refractivity contribution in [1.29, 1.82) is 0 Å². The molecule has 0 aromatic carbocycles. The van der Waals surface area contributed by atoms with Gasteiger partial charge < -0.3 is 15.4 Å². The summed E-state index contributed by atoms with van der Waals surface area (Å²) in [5, 5.41) is 6.64. The van der Waals surface area contributed by atoms with E-state index in [9.17, 15) is 8.42 Å². The predicted octanol–water partition coefficient (Wildman–Crippen LogP) is 2.08. The Labute approximate surface area is 181 Å². The minimum Gasteiger partial charge on any atom is -0.378 e. The molecule has 2 saturated carbocycles. The van der Waals surface area contributed by atoms with Gasteiger partial charge >= 0.3 is 0 Å². The molecule has 2 aliphatic carbocycles. The van der Waals surface area contributed by atoms with Crippen molar-refractivity contribution in [2.75, 3.05) is 32.5 Å². The van der Waals surface area contributed by atoms with Crippen LogP contribution < -0.4 is 15.4 Å². The SMILES string of the molecule is CCNC(=NCCS(=O)(=O)NCC1CCC1)NC1CC(C)(OC)C1(C)C.I. The standard InChI is InChI=1S/C18H36N4O3S.HI/c1-6-19-16(22-15-12-18(4,25-5)17(15,2)3)20-10-11-26(23,24)21-13-14-8-7-9-14;/h14-15,21H,6-13H2,1-5H3,(H2,19,20,22);1H. The summed E-state index contributed by atoms with van der Waals surface area (Å²) in [7, 11) is -1.51. The maximum absolute atomic E-state index is 12.1. The molecule has 9 heteroatoms. The van der Waals surface area contributed by atoms with Crippen LogP contribution in [0.25, 0.3) is 0 Å². The first-order valence-corrected chi connectivity index (χ1v) is 11.4. The molecule has 0 aromatic heterocycles. The zero-order valence-corrected chi connectivity index (χ0v) is 20.4. The van der Waals surface area contributed by atoms with Crippen molar-refractivity contribution in [2.24, 2.45) is 16.3 Å². The fourth-order valence-corrected chi connectivity index (χ4v) is 4.47. The first-order chi connectivity index (χ1) is 12.1. The lowest BCUT2D eigenvalue weighted by Crippen LogP contribution is -2.69. The Morgan fingerprint density at radius 2 is 1.93 bits per heavy atom. The Morgan fingerprint density at radius 3 is 2.41 bits per heavy atom. The molecule has 0 saturated heterocycles. The van der Waals surface area contributed by atoms with Gasteiger partial charge in [0, 0.05) is 31.7 Å². The van der Waals surface area contributed by atoms with E-state index >= 15 is 0 Å². The zero-order valence-electron chi connectivity index (χ0n) is 17.3. The molecule has 2 rings (SSSR count). The highest BCUT2D eigenvalue weighted by molar-refractivity contribution is 14.0. The summed E-state index contributed by atoms with van der Waals surface area (Å²) in [6.45, 7) is 10.0. The average Bonchev–Trinajstić information content (AvgIpc) is 2.52. The number of ether oxygens (including phenoxy) is 1. The number of guanidine groups is 1. The van der Waals surface area contributed by atoms with Gasteiger partial charge in [0.25, 0.3) is 0 Å². The van der Waals surface area contributed by atoms with Crippen molar-refractivity contribution in [2.45, 2.75) is 65.0 Å². The smallest absolute Gasteiger partial charge is 0.213 e. The van der Waals surface area contributed by atoms with E-state index in [0.29, 0.717) is 18.4 Å². The molecular weight excluding hydrogens is 479 g/mol. The number of sulfonamides is 1. The lowest BCUT2D eigenvalue weighted by Gasteiger charge is -2.59. The fourth-order valence-electron chi connectivity index (χ4n) is 3.50. The maximum atomic E-state index is 12.1. The van der Waals surface area contributed by atoms with E-state index in [4.69, 9.17) is 4.74 Å². The Balaban J connectivity index is 0.00000364. The molecule has 0 heterocycles. The topological polar surface area (TPSA) is 91.8 Å². The Kier molecular flexibility index (Phi) is 9.29. The van der Waals surface area contributed by atoms with Crippen LogP contribution in [0.3, 0.4) is 0 Å². The van der Waals surface area contributed by atoms with E-state index in [0.717, 1.165) is 25.8 Å². The number of rotatable bonds is 9. The van der Waals surface area contributed by atoms with Crippen LogP contribution in [0.5, 0.6) is 0 Å². The van der Waals surface area contributed by atoms with Crippen molar-refractivity contribution in [3.8, 4) is 0 Å². The lowest BCUT2D eigenvalue weighted by atomic mass is 9.56. The third-order valence-corrected chi connectivity index (χ3v) is 7.71. The van der Waals surface area contributed by atoms with Gasteiger partial charge in [-0.25, -0.2) is 13.1 Å². The van der Waals surface area contributed by atoms with Gasteiger partial charge in [0.1, 0.15) is 0 Å². The molecule has 2 unspecified atom stereocenters. The number of hydrogen-bond donors (Lipinski definition) is 3. The Bertz CT molecular complexity index is 608. The van der Waals surface area contributed by atoms with Crippen LogP contribution in [0.1, 0.15) is 53.4 Å². The molecule has 7 nitrogen and oxygen atoms in total. The monoisotopic (exact) mass is 516 g/mol. The van der Waals surface area contributed by atoms with E-state index in [1.807, 2.05) is 6.92 Å². The minimum absolute atomic E-state index is 0. The van der Waals surface area contributed by atoms with E-state index in [2.05, 4.69) is 41.1 Å². The van der Waals surface area contributed by atoms with Crippen molar-refractivity contribution >= 4 is 40.0 Å². The molecule has 3 N–H and O–H groups in total. The van der Waals surface area contributed by atoms with Crippen molar-refractivity contribution in [3.63, 3.8) is 0 Å². The second-order valence-corrected chi connectivity index (χ2v) is 10.2. The molecule has 27 heavy (non-hydrogen) atoms. The normalized spacial score (nSPS) is 27.9. The number of methoxy groups -OCH3 is 1. The summed E-state index contributed by atoms with van der Waals surface area (Å²) < 4.78 is 32.6. The highest BCUT2D eigenvalue weighted by atomic mass is 127. The van der Waals surface area contributed by atoms with Crippen LogP contribution in [0.15, 0.2) is 4.99 Å².